The molecule has 2 heterocycles. The molecule has 1 N–H and O–H groups in total. The molecule has 0 saturated heterocycles. The molecular formula is C17H20N4. The normalized spacial score (nSPS) is 12.5. The van der Waals surface area contributed by atoms with Crippen molar-refractivity contribution in [2.24, 2.45) is 5.92 Å². The fourth-order valence-electron chi connectivity index (χ4n) is 2.54. The second-order valence-electron chi connectivity index (χ2n) is 5.59. The molecule has 0 saturated carbocycles. The van der Waals surface area contributed by atoms with Crippen LogP contribution in [-0.2, 0) is 6.54 Å². The van der Waals surface area contributed by atoms with Gasteiger partial charge in [-0.15, -0.1) is 0 Å². The molecule has 1 unspecified atom stereocenters. The minimum absolute atomic E-state index is 0.507. The number of fused-ring (bicyclic) bond motifs is 1. The predicted octanol–water partition coefficient (Wildman–Crippen LogP) is 3.49. The number of aryl methyl sites for hydroxylation is 1. The molecule has 4 heteroatoms. The summed E-state index contributed by atoms with van der Waals surface area (Å²) in [5, 5.41) is 4.66. The zero-order valence-electron chi connectivity index (χ0n) is 12.5. The number of hydrogen-bond donors (Lipinski definition) is 1. The van der Waals surface area contributed by atoms with Crippen molar-refractivity contribution < 1.29 is 0 Å². The van der Waals surface area contributed by atoms with Crippen molar-refractivity contribution in [2.45, 2.75) is 20.4 Å². The monoisotopic (exact) mass is 280 g/mol. The summed E-state index contributed by atoms with van der Waals surface area (Å²) in [4.78, 5) is 8.74. The molecule has 21 heavy (non-hydrogen) atoms. The van der Waals surface area contributed by atoms with Gasteiger partial charge >= 0.3 is 0 Å². The molecule has 0 bridgehead atoms. The first-order valence-corrected chi connectivity index (χ1v) is 7.28. The van der Waals surface area contributed by atoms with Crippen molar-refractivity contribution >= 4 is 16.7 Å². The smallest absolute Gasteiger partial charge is 0.126 e. The molecule has 0 aliphatic rings. The van der Waals surface area contributed by atoms with Gasteiger partial charge in [-0.1, -0.05) is 25.1 Å². The summed E-state index contributed by atoms with van der Waals surface area (Å²) < 4.78 is 2.10. The van der Waals surface area contributed by atoms with E-state index in [1.54, 1.807) is 0 Å². The highest BCUT2D eigenvalue weighted by Crippen LogP contribution is 2.19. The Morgan fingerprint density at radius 1 is 1.29 bits per heavy atom. The summed E-state index contributed by atoms with van der Waals surface area (Å²) in [6.45, 7) is 6.20. The average Bonchev–Trinajstić information content (AvgIpc) is 2.98. The molecule has 0 fully saturated rings. The Bertz CT molecular complexity index is 719. The Labute approximate surface area is 124 Å². The zero-order chi connectivity index (χ0) is 14.7. The summed E-state index contributed by atoms with van der Waals surface area (Å²) in [5.41, 5.74) is 2.30. The van der Waals surface area contributed by atoms with E-state index in [-0.39, 0.29) is 0 Å². The number of rotatable bonds is 5. The maximum atomic E-state index is 4.67. The molecule has 0 radical (unpaired) electrons. The topological polar surface area (TPSA) is 42.7 Å². The van der Waals surface area contributed by atoms with Gasteiger partial charge in [-0.3, -0.25) is 0 Å². The van der Waals surface area contributed by atoms with E-state index in [4.69, 9.17) is 0 Å². The predicted molar refractivity (Wildman–Crippen MR) is 86.4 cm³/mol. The van der Waals surface area contributed by atoms with E-state index >= 15 is 0 Å². The molecule has 1 aromatic carbocycles. The molecule has 3 aromatic rings. The minimum atomic E-state index is 0.507. The number of pyridine rings is 1. The van der Waals surface area contributed by atoms with Crippen LogP contribution in [0.3, 0.4) is 0 Å². The lowest BCUT2D eigenvalue weighted by molar-refractivity contribution is 0.502. The van der Waals surface area contributed by atoms with Gasteiger partial charge in [-0.05, 0) is 30.5 Å². The van der Waals surface area contributed by atoms with Crippen LogP contribution in [0.15, 0.2) is 49.1 Å². The number of anilines is 1. The minimum Gasteiger partial charge on any atom is -0.370 e. The number of benzene rings is 1. The molecule has 0 aliphatic carbocycles. The molecule has 108 valence electrons. The van der Waals surface area contributed by atoms with Crippen molar-refractivity contribution in [2.75, 3.05) is 11.9 Å². The molecule has 1 atom stereocenters. The second-order valence-corrected chi connectivity index (χ2v) is 5.59. The van der Waals surface area contributed by atoms with E-state index in [1.165, 1.54) is 10.9 Å². The third kappa shape index (κ3) is 3.21. The summed E-state index contributed by atoms with van der Waals surface area (Å²) in [6, 6.07) is 10.4. The summed E-state index contributed by atoms with van der Waals surface area (Å²) >= 11 is 0. The van der Waals surface area contributed by atoms with Crippen LogP contribution < -0.4 is 5.32 Å². The summed E-state index contributed by atoms with van der Waals surface area (Å²) in [6.07, 6.45) is 5.66. The lowest BCUT2D eigenvalue weighted by Gasteiger charge is -2.14. The van der Waals surface area contributed by atoms with E-state index < -0.39 is 0 Å². The van der Waals surface area contributed by atoms with Crippen LogP contribution in [0.4, 0.5) is 5.82 Å². The molecule has 0 amide bonds. The largest absolute Gasteiger partial charge is 0.370 e. The Hall–Kier alpha value is -2.36. The molecule has 2 aromatic heterocycles. The lowest BCUT2D eigenvalue weighted by Crippen LogP contribution is -2.17. The third-order valence-electron chi connectivity index (χ3n) is 3.64. The molecule has 0 aliphatic heterocycles. The highest BCUT2D eigenvalue weighted by molar-refractivity contribution is 5.83. The van der Waals surface area contributed by atoms with Crippen molar-refractivity contribution in [1.82, 2.24) is 14.5 Å². The fourth-order valence-corrected chi connectivity index (χ4v) is 2.54. The summed E-state index contributed by atoms with van der Waals surface area (Å²) in [7, 11) is 0. The number of imidazole rings is 1. The van der Waals surface area contributed by atoms with Crippen LogP contribution in [0.1, 0.15) is 12.5 Å². The first-order chi connectivity index (χ1) is 10.2. The molecule has 4 nitrogen and oxygen atoms in total. The van der Waals surface area contributed by atoms with E-state index in [0.717, 1.165) is 24.4 Å². The Morgan fingerprint density at radius 3 is 2.95 bits per heavy atom. The quantitative estimate of drug-likeness (QED) is 0.778. The van der Waals surface area contributed by atoms with Crippen LogP contribution in [-0.4, -0.2) is 21.1 Å². The average molecular weight is 280 g/mol. The number of nitrogens with one attached hydrogen (secondary N) is 1. The highest BCUT2D eigenvalue weighted by atomic mass is 15.0. The van der Waals surface area contributed by atoms with Crippen molar-refractivity contribution in [3.63, 3.8) is 0 Å². The Balaban J connectivity index is 1.67. The van der Waals surface area contributed by atoms with Gasteiger partial charge in [0.1, 0.15) is 5.82 Å². The standard InChI is InChI=1S/C17H20N4/c1-13(11-21-8-7-18-12-21)10-19-17-9-14(2)15-5-3-4-6-16(15)20-17/h3-9,12-13H,10-11H2,1-2H3,(H,19,20). The van der Waals surface area contributed by atoms with Crippen molar-refractivity contribution in [1.29, 1.82) is 0 Å². The second kappa shape index (κ2) is 5.95. The van der Waals surface area contributed by atoms with E-state index in [0.29, 0.717) is 5.92 Å². The fraction of sp³-hybridized carbons (Fsp3) is 0.294. The number of nitrogens with zero attached hydrogens (tertiary/aromatic N) is 3. The van der Waals surface area contributed by atoms with E-state index in [2.05, 4.69) is 58.0 Å². The maximum absolute atomic E-state index is 4.67. The number of hydrogen-bond acceptors (Lipinski definition) is 3. The van der Waals surface area contributed by atoms with Gasteiger partial charge in [0, 0.05) is 30.9 Å². The van der Waals surface area contributed by atoms with Crippen LogP contribution >= 0.6 is 0 Å². The van der Waals surface area contributed by atoms with Gasteiger partial charge in [-0.2, -0.15) is 0 Å². The van der Waals surface area contributed by atoms with E-state index in [1.807, 2.05) is 24.8 Å². The Morgan fingerprint density at radius 2 is 2.14 bits per heavy atom. The van der Waals surface area contributed by atoms with Crippen LogP contribution in [0.2, 0.25) is 0 Å². The van der Waals surface area contributed by atoms with Crippen LogP contribution in [0.5, 0.6) is 0 Å². The zero-order valence-corrected chi connectivity index (χ0v) is 12.5. The van der Waals surface area contributed by atoms with Crippen LogP contribution in [0, 0.1) is 12.8 Å². The van der Waals surface area contributed by atoms with E-state index in [9.17, 15) is 0 Å². The SMILES string of the molecule is Cc1cc(NCC(C)Cn2ccnc2)nc2ccccc12. The first kappa shape index (κ1) is 13.6. The van der Waals surface area contributed by atoms with Crippen LogP contribution in [0.25, 0.3) is 10.9 Å². The van der Waals surface area contributed by atoms with Gasteiger partial charge in [0.05, 0.1) is 11.8 Å². The van der Waals surface area contributed by atoms with Gasteiger partial charge in [0.2, 0.25) is 0 Å². The maximum Gasteiger partial charge on any atom is 0.126 e. The lowest BCUT2D eigenvalue weighted by atomic mass is 10.1. The number of para-hydroxylation sites is 1. The molecular weight excluding hydrogens is 260 g/mol. The first-order valence-electron chi connectivity index (χ1n) is 7.28. The third-order valence-corrected chi connectivity index (χ3v) is 3.64. The summed E-state index contributed by atoms with van der Waals surface area (Å²) in [5.74, 6) is 1.46. The number of aromatic nitrogens is 3. The molecule has 3 rings (SSSR count). The van der Waals surface area contributed by atoms with Crippen molar-refractivity contribution in [3.8, 4) is 0 Å². The molecule has 0 spiro atoms. The van der Waals surface area contributed by atoms with Gasteiger partial charge in [0.25, 0.3) is 0 Å². The van der Waals surface area contributed by atoms with Crippen molar-refractivity contribution in [3.05, 3.63) is 54.6 Å². The van der Waals surface area contributed by atoms with Gasteiger partial charge in [-0.25, -0.2) is 9.97 Å². The van der Waals surface area contributed by atoms with Gasteiger partial charge < -0.3 is 9.88 Å². The highest BCUT2D eigenvalue weighted by Gasteiger charge is 2.05. The van der Waals surface area contributed by atoms with Gasteiger partial charge in [0.15, 0.2) is 0 Å². The Kier molecular flexibility index (Phi) is 3.86.